The lowest BCUT2D eigenvalue weighted by molar-refractivity contribution is -0.108. The molecule has 8 heteroatoms. The van der Waals surface area contributed by atoms with Crippen LogP contribution in [0.3, 0.4) is 0 Å². The topological polar surface area (TPSA) is 89.4 Å². The summed E-state index contributed by atoms with van der Waals surface area (Å²) in [4.78, 5) is 22.0. The zero-order valence-corrected chi connectivity index (χ0v) is 15.8. The predicted octanol–water partition coefficient (Wildman–Crippen LogP) is 2.94. The Hall–Kier alpha value is -2.48. The number of halogens is 1. The molecule has 0 bridgehead atoms. The molecule has 0 atom stereocenters. The van der Waals surface area contributed by atoms with Crippen LogP contribution >= 0.6 is 15.9 Å². The minimum absolute atomic E-state index is 0.463. The van der Waals surface area contributed by atoms with Gasteiger partial charge in [-0.05, 0) is 40.8 Å². The van der Waals surface area contributed by atoms with Crippen LogP contribution in [0.4, 0.5) is 11.6 Å². The molecule has 26 heavy (non-hydrogen) atoms. The van der Waals surface area contributed by atoms with Gasteiger partial charge in [-0.15, -0.1) is 0 Å². The second kappa shape index (κ2) is 7.03. The number of hydrogen-bond acceptors (Lipinski definition) is 6. The van der Waals surface area contributed by atoms with Crippen LogP contribution in [-0.4, -0.2) is 39.0 Å². The highest BCUT2D eigenvalue weighted by Gasteiger charge is 2.24. The number of carbonyl (C=O) groups excluding carboxylic acids is 1. The van der Waals surface area contributed by atoms with E-state index in [2.05, 4.69) is 30.9 Å². The fraction of sp³-hybridized carbons (Fsp3) is 0.333. The molecule has 1 aliphatic heterocycles. The molecule has 1 saturated heterocycles. The summed E-state index contributed by atoms with van der Waals surface area (Å²) in [6.45, 7) is 1.71. The number of nitrogens with two attached hydrogens (primary N) is 1. The van der Waals surface area contributed by atoms with E-state index in [1.54, 1.807) is 23.1 Å². The van der Waals surface area contributed by atoms with Crippen molar-refractivity contribution in [3.8, 4) is 11.1 Å². The quantitative estimate of drug-likeness (QED) is 0.660. The molecule has 1 fully saturated rings. The van der Waals surface area contributed by atoms with Gasteiger partial charge in [-0.1, -0.05) is 6.07 Å². The van der Waals surface area contributed by atoms with E-state index in [0.717, 1.165) is 53.6 Å². The Morgan fingerprint density at radius 2 is 2.12 bits per heavy atom. The number of nitrogens with zero attached hydrogens (tertiary/aromatic N) is 5. The van der Waals surface area contributed by atoms with E-state index < -0.39 is 0 Å². The maximum atomic E-state index is 10.7. The largest absolute Gasteiger partial charge is 0.383 e. The number of nitrogen functional groups attached to an aromatic ring is 1. The van der Waals surface area contributed by atoms with E-state index in [1.807, 2.05) is 12.1 Å². The molecule has 0 amide bonds. The Balaban J connectivity index is 1.74. The van der Waals surface area contributed by atoms with Crippen LogP contribution in [-0.2, 0) is 4.79 Å². The molecular weight excluding hydrogens is 396 g/mol. The molecule has 0 radical (unpaired) electrons. The lowest BCUT2D eigenvalue weighted by Gasteiger charge is -2.32. The number of carbonyl (C=O) groups is 1. The lowest BCUT2D eigenvalue weighted by Crippen LogP contribution is -2.35. The number of aromatic nitrogens is 4. The average molecular weight is 415 g/mol. The first-order valence-corrected chi connectivity index (χ1v) is 9.40. The fourth-order valence-corrected chi connectivity index (χ4v) is 3.94. The van der Waals surface area contributed by atoms with Gasteiger partial charge >= 0.3 is 0 Å². The van der Waals surface area contributed by atoms with Crippen molar-refractivity contribution in [1.82, 2.24) is 19.6 Å². The molecule has 0 saturated carbocycles. The summed E-state index contributed by atoms with van der Waals surface area (Å²) >= 11 is 3.59. The Kier molecular flexibility index (Phi) is 4.58. The number of pyridine rings is 1. The van der Waals surface area contributed by atoms with Gasteiger partial charge in [0, 0.05) is 43.0 Å². The summed E-state index contributed by atoms with van der Waals surface area (Å²) in [5.41, 5.74) is 8.88. The maximum absolute atomic E-state index is 10.7. The summed E-state index contributed by atoms with van der Waals surface area (Å²) in [5, 5.41) is 4.39. The van der Waals surface area contributed by atoms with Crippen LogP contribution in [0.2, 0.25) is 0 Å². The molecule has 2 N–H and O–H groups in total. The minimum Gasteiger partial charge on any atom is -0.383 e. The lowest BCUT2D eigenvalue weighted by atomic mass is 9.94. The first-order chi connectivity index (χ1) is 12.7. The highest BCUT2D eigenvalue weighted by molar-refractivity contribution is 9.10. The van der Waals surface area contributed by atoms with Gasteiger partial charge in [0.2, 0.25) is 0 Å². The second-order valence-electron chi connectivity index (χ2n) is 6.50. The Labute approximate surface area is 159 Å². The first kappa shape index (κ1) is 17.0. The zero-order chi connectivity index (χ0) is 18.1. The molecule has 3 aromatic heterocycles. The second-order valence-corrected chi connectivity index (χ2v) is 7.30. The first-order valence-electron chi connectivity index (χ1n) is 8.60. The molecule has 134 valence electrons. The van der Waals surface area contributed by atoms with Crippen molar-refractivity contribution in [2.24, 2.45) is 5.92 Å². The van der Waals surface area contributed by atoms with E-state index in [-0.39, 0.29) is 0 Å². The highest BCUT2D eigenvalue weighted by atomic mass is 79.9. The van der Waals surface area contributed by atoms with Crippen LogP contribution in [0.15, 0.2) is 35.2 Å². The van der Waals surface area contributed by atoms with Crippen molar-refractivity contribution in [2.75, 3.05) is 23.7 Å². The SMILES string of the molecule is Nc1c(Br)c(N2CCC(CC=O)CC2)nc2c(-c3cccnc3)cnn12. The Morgan fingerprint density at radius 1 is 1.31 bits per heavy atom. The van der Waals surface area contributed by atoms with E-state index in [9.17, 15) is 4.79 Å². The van der Waals surface area contributed by atoms with Crippen molar-refractivity contribution in [1.29, 1.82) is 0 Å². The van der Waals surface area contributed by atoms with Gasteiger partial charge < -0.3 is 15.4 Å². The van der Waals surface area contributed by atoms with Gasteiger partial charge in [0.15, 0.2) is 5.65 Å². The minimum atomic E-state index is 0.463. The number of anilines is 2. The van der Waals surface area contributed by atoms with E-state index >= 15 is 0 Å². The average Bonchev–Trinajstić information content (AvgIpc) is 3.10. The molecule has 3 aromatic rings. The molecule has 0 aromatic carbocycles. The zero-order valence-electron chi connectivity index (χ0n) is 14.2. The number of fused-ring (bicyclic) bond motifs is 1. The molecule has 7 nitrogen and oxygen atoms in total. The monoisotopic (exact) mass is 414 g/mol. The summed E-state index contributed by atoms with van der Waals surface area (Å²) in [7, 11) is 0. The van der Waals surface area contributed by atoms with E-state index in [4.69, 9.17) is 10.7 Å². The van der Waals surface area contributed by atoms with Crippen LogP contribution in [0.1, 0.15) is 19.3 Å². The van der Waals surface area contributed by atoms with Gasteiger partial charge in [-0.25, -0.2) is 4.98 Å². The van der Waals surface area contributed by atoms with Gasteiger partial charge in [0.1, 0.15) is 22.4 Å². The third-order valence-electron chi connectivity index (χ3n) is 4.92. The van der Waals surface area contributed by atoms with Crippen molar-refractivity contribution in [2.45, 2.75) is 19.3 Å². The van der Waals surface area contributed by atoms with Gasteiger partial charge in [0.25, 0.3) is 0 Å². The van der Waals surface area contributed by atoms with Crippen molar-refractivity contribution in [3.63, 3.8) is 0 Å². The standard InChI is InChI=1S/C18H19BrN6O/c19-15-16(20)25-17(14(11-22-25)13-2-1-6-21-10-13)23-18(15)24-7-3-12(4-8-24)5-9-26/h1-2,6,9-12H,3-5,7-8,20H2. The van der Waals surface area contributed by atoms with E-state index in [0.29, 0.717) is 23.8 Å². The number of hydrogen-bond donors (Lipinski definition) is 1. The van der Waals surface area contributed by atoms with Crippen molar-refractivity contribution < 1.29 is 4.79 Å². The molecule has 4 heterocycles. The van der Waals surface area contributed by atoms with Crippen molar-refractivity contribution in [3.05, 3.63) is 35.2 Å². The third kappa shape index (κ3) is 2.94. The smallest absolute Gasteiger partial charge is 0.167 e. The molecule has 4 rings (SSSR count). The summed E-state index contributed by atoms with van der Waals surface area (Å²) in [6.07, 6.45) is 8.91. The fourth-order valence-electron chi connectivity index (χ4n) is 3.43. The molecule has 1 aliphatic rings. The summed E-state index contributed by atoms with van der Waals surface area (Å²) in [5.74, 6) is 1.81. The number of piperidine rings is 1. The Bertz CT molecular complexity index is 934. The normalized spacial score (nSPS) is 15.5. The summed E-state index contributed by atoms with van der Waals surface area (Å²) < 4.78 is 2.40. The number of aldehydes is 1. The predicted molar refractivity (Wildman–Crippen MR) is 104 cm³/mol. The van der Waals surface area contributed by atoms with Crippen LogP contribution in [0, 0.1) is 5.92 Å². The molecule has 0 unspecified atom stereocenters. The van der Waals surface area contributed by atoms with Crippen molar-refractivity contribution >= 4 is 39.5 Å². The molecule has 0 aliphatic carbocycles. The highest BCUT2D eigenvalue weighted by Crippen LogP contribution is 2.35. The van der Waals surface area contributed by atoms with Crippen LogP contribution < -0.4 is 10.6 Å². The maximum Gasteiger partial charge on any atom is 0.167 e. The number of rotatable bonds is 4. The Morgan fingerprint density at radius 3 is 2.81 bits per heavy atom. The van der Waals surface area contributed by atoms with Crippen LogP contribution in [0.25, 0.3) is 16.8 Å². The van der Waals surface area contributed by atoms with Gasteiger partial charge in [0.05, 0.1) is 6.20 Å². The van der Waals surface area contributed by atoms with Gasteiger partial charge in [-0.2, -0.15) is 9.61 Å². The molecular formula is C18H19BrN6O. The van der Waals surface area contributed by atoms with E-state index in [1.165, 1.54) is 0 Å². The summed E-state index contributed by atoms with van der Waals surface area (Å²) in [6, 6.07) is 3.87. The van der Waals surface area contributed by atoms with Gasteiger partial charge in [-0.3, -0.25) is 4.98 Å². The molecule has 0 spiro atoms. The third-order valence-corrected chi connectivity index (χ3v) is 5.68. The van der Waals surface area contributed by atoms with Crippen LogP contribution in [0.5, 0.6) is 0 Å².